The molecule has 0 saturated carbocycles. The molecular weight excluding hydrogens is 216 g/mol. The van der Waals surface area contributed by atoms with Crippen LogP contribution < -0.4 is 5.73 Å². The Balaban J connectivity index is 2.36. The Morgan fingerprint density at radius 1 is 1.35 bits per heavy atom. The highest BCUT2D eigenvalue weighted by atomic mass is 16.5. The standard InChI is InChI=1S/C13H16N2O2/c1-9-12(7-11(14)8-16)13(17-15-9)10-5-3-2-4-6-10/h2-6,11,16H,7-8,14H2,1H3. The molecule has 1 atom stereocenters. The van der Waals surface area contributed by atoms with Crippen molar-refractivity contribution in [1.29, 1.82) is 0 Å². The molecule has 1 unspecified atom stereocenters. The average Bonchev–Trinajstić information content (AvgIpc) is 2.72. The van der Waals surface area contributed by atoms with Crippen LogP contribution in [0.3, 0.4) is 0 Å². The molecule has 1 aromatic carbocycles. The first-order valence-corrected chi connectivity index (χ1v) is 5.59. The third-order valence-electron chi connectivity index (χ3n) is 2.72. The van der Waals surface area contributed by atoms with Crippen LogP contribution in [0.25, 0.3) is 11.3 Å². The molecule has 90 valence electrons. The molecule has 17 heavy (non-hydrogen) atoms. The van der Waals surface area contributed by atoms with E-state index < -0.39 is 0 Å². The molecule has 0 spiro atoms. The van der Waals surface area contributed by atoms with Crippen molar-refractivity contribution in [2.45, 2.75) is 19.4 Å². The van der Waals surface area contributed by atoms with Crippen LogP contribution in [0.4, 0.5) is 0 Å². The number of rotatable bonds is 4. The lowest BCUT2D eigenvalue weighted by Crippen LogP contribution is -2.27. The predicted octanol–water partition coefficient (Wildman–Crippen LogP) is 1.51. The van der Waals surface area contributed by atoms with Crippen molar-refractivity contribution in [1.82, 2.24) is 5.16 Å². The van der Waals surface area contributed by atoms with Crippen LogP contribution in [0.2, 0.25) is 0 Å². The van der Waals surface area contributed by atoms with Crippen molar-refractivity contribution in [2.24, 2.45) is 5.73 Å². The lowest BCUT2D eigenvalue weighted by atomic mass is 10.0. The second-order valence-corrected chi connectivity index (χ2v) is 4.09. The predicted molar refractivity (Wildman–Crippen MR) is 65.4 cm³/mol. The fourth-order valence-corrected chi connectivity index (χ4v) is 1.77. The summed E-state index contributed by atoms with van der Waals surface area (Å²) in [5, 5.41) is 13.0. The highest BCUT2D eigenvalue weighted by Gasteiger charge is 2.16. The number of aliphatic hydroxyl groups is 1. The van der Waals surface area contributed by atoms with Gasteiger partial charge in [0.1, 0.15) is 0 Å². The van der Waals surface area contributed by atoms with Gasteiger partial charge in [-0.25, -0.2) is 0 Å². The summed E-state index contributed by atoms with van der Waals surface area (Å²) in [5.41, 5.74) is 8.54. The zero-order valence-corrected chi connectivity index (χ0v) is 9.76. The summed E-state index contributed by atoms with van der Waals surface area (Å²) in [4.78, 5) is 0. The molecule has 3 N–H and O–H groups in total. The van der Waals surface area contributed by atoms with Crippen molar-refractivity contribution < 1.29 is 9.63 Å². The van der Waals surface area contributed by atoms with E-state index in [9.17, 15) is 0 Å². The Hall–Kier alpha value is -1.65. The van der Waals surface area contributed by atoms with Gasteiger partial charge in [-0.3, -0.25) is 0 Å². The van der Waals surface area contributed by atoms with Gasteiger partial charge in [0.25, 0.3) is 0 Å². The first kappa shape index (κ1) is 11.8. The van der Waals surface area contributed by atoms with Gasteiger partial charge in [0, 0.05) is 17.2 Å². The highest BCUT2D eigenvalue weighted by molar-refractivity contribution is 5.61. The van der Waals surface area contributed by atoms with Crippen molar-refractivity contribution in [3.8, 4) is 11.3 Å². The summed E-state index contributed by atoms with van der Waals surface area (Å²) in [6, 6.07) is 9.50. The zero-order valence-electron chi connectivity index (χ0n) is 9.76. The minimum atomic E-state index is -0.282. The Labute approximate surface area is 100 Å². The Bertz CT molecular complexity index is 479. The Morgan fingerprint density at radius 3 is 2.71 bits per heavy atom. The van der Waals surface area contributed by atoms with Crippen LogP contribution in [-0.2, 0) is 6.42 Å². The van der Waals surface area contributed by atoms with Gasteiger partial charge < -0.3 is 15.4 Å². The quantitative estimate of drug-likeness (QED) is 0.838. The van der Waals surface area contributed by atoms with Crippen molar-refractivity contribution >= 4 is 0 Å². The average molecular weight is 232 g/mol. The summed E-state index contributed by atoms with van der Waals surface area (Å²) >= 11 is 0. The van der Waals surface area contributed by atoms with E-state index in [1.165, 1.54) is 0 Å². The molecule has 2 rings (SSSR count). The van der Waals surface area contributed by atoms with E-state index in [-0.39, 0.29) is 12.6 Å². The molecule has 0 aliphatic carbocycles. The molecule has 0 saturated heterocycles. The number of nitrogens with two attached hydrogens (primary N) is 1. The van der Waals surface area contributed by atoms with Gasteiger partial charge in [0.2, 0.25) is 0 Å². The summed E-state index contributed by atoms with van der Waals surface area (Å²) in [5.74, 6) is 0.743. The van der Waals surface area contributed by atoms with Crippen LogP contribution >= 0.6 is 0 Å². The van der Waals surface area contributed by atoms with Gasteiger partial charge in [0.15, 0.2) is 5.76 Å². The fraction of sp³-hybridized carbons (Fsp3) is 0.308. The molecule has 2 aromatic rings. The first-order chi connectivity index (χ1) is 8.22. The molecule has 0 aliphatic heterocycles. The normalized spacial score (nSPS) is 12.6. The number of hydrogen-bond acceptors (Lipinski definition) is 4. The second kappa shape index (κ2) is 5.12. The monoisotopic (exact) mass is 232 g/mol. The van der Waals surface area contributed by atoms with Crippen LogP contribution in [0.5, 0.6) is 0 Å². The molecule has 4 heteroatoms. The minimum absolute atomic E-state index is 0.0428. The van der Waals surface area contributed by atoms with Crippen LogP contribution in [0.1, 0.15) is 11.3 Å². The topological polar surface area (TPSA) is 72.3 Å². The SMILES string of the molecule is Cc1noc(-c2ccccc2)c1CC(N)CO. The van der Waals surface area contributed by atoms with Crippen molar-refractivity contribution in [3.63, 3.8) is 0 Å². The summed E-state index contributed by atoms with van der Waals surface area (Å²) in [6.07, 6.45) is 0.566. The number of aromatic nitrogens is 1. The molecule has 0 fully saturated rings. The number of hydrogen-bond donors (Lipinski definition) is 2. The maximum Gasteiger partial charge on any atom is 0.170 e. The summed E-state index contributed by atoms with van der Waals surface area (Å²) in [6.45, 7) is 1.84. The van der Waals surface area contributed by atoms with Gasteiger partial charge in [-0.15, -0.1) is 0 Å². The van der Waals surface area contributed by atoms with Gasteiger partial charge in [-0.1, -0.05) is 35.5 Å². The van der Waals surface area contributed by atoms with Gasteiger partial charge in [-0.05, 0) is 13.3 Å². The zero-order chi connectivity index (χ0) is 12.3. The molecule has 4 nitrogen and oxygen atoms in total. The van der Waals surface area contributed by atoms with Crippen LogP contribution in [0, 0.1) is 6.92 Å². The van der Waals surface area contributed by atoms with E-state index in [2.05, 4.69) is 5.16 Å². The lowest BCUT2D eigenvalue weighted by molar-refractivity contribution is 0.265. The van der Waals surface area contributed by atoms with Crippen molar-refractivity contribution in [2.75, 3.05) is 6.61 Å². The Morgan fingerprint density at radius 2 is 2.06 bits per heavy atom. The molecule has 0 amide bonds. The van der Waals surface area contributed by atoms with Gasteiger partial charge >= 0.3 is 0 Å². The van der Waals surface area contributed by atoms with E-state index >= 15 is 0 Å². The molecule has 0 bridgehead atoms. The number of aryl methyl sites for hydroxylation is 1. The number of nitrogens with zero attached hydrogens (tertiary/aromatic N) is 1. The highest BCUT2D eigenvalue weighted by Crippen LogP contribution is 2.26. The minimum Gasteiger partial charge on any atom is -0.395 e. The third kappa shape index (κ3) is 2.54. The van der Waals surface area contributed by atoms with E-state index in [1.54, 1.807) is 0 Å². The van der Waals surface area contributed by atoms with Crippen LogP contribution in [0.15, 0.2) is 34.9 Å². The van der Waals surface area contributed by atoms with E-state index in [1.807, 2.05) is 37.3 Å². The van der Waals surface area contributed by atoms with Gasteiger partial charge in [-0.2, -0.15) is 0 Å². The Kier molecular flexibility index (Phi) is 3.56. The molecular formula is C13H16N2O2. The summed E-state index contributed by atoms with van der Waals surface area (Å²) < 4.78 is 5.34. The van der Waals surface area contributed by atoms with E-state index in [0.29, 0.717) is 6.42 Å². The fourth-order valence-electron chi connectivity index (χ4n) is 1.77. The van der Waals surface area contributed by atoms with E-state index in [0.717, 1.165) is 22.6 Å². The number of aliphatic hydroxyl groups excluding tert-OH is 1. The maximum absolute atomic E-state index is 9.01. The lowest BCUT2D eigenvalue weighted by Gasteiger charge is -2.08. The van der Waals surface area contributed by atoms with Gasteiger partial charge in [0.05, 0.1) is 12.3 Å². The second-order valence-electron chi connectivity index (χ2n) is 4.09. The maximum atomic E-state index is 9.01. The molecule has 0 radical (unpaired) electrons. The van der Waals surface area contributed by atoms with Crippen molar-refractivity contribution in [3.05, 3.63) is 41.6 Å². The number of benzene rings is 1. The third-order valence-corrected chi connectivity index (χ3v) is 2.72. The molecule has 1 heterocycles. The van der Waals surface area contributed by atoms with Crippen LogP contribution in [-0.4, -0.2) is 22.9 Å². The summed E-state index contributed by atoms with van der Waals surface area (Å²) in [7, 11) is 0. The van der Waals surface area contributed by atoms with E-state index in [4.69, 9.17) is 15.4 Å². The molecule has 0 aliphatic rings. The smallest absolute Gasteiger partial charge is 0.170 e. The first-order valence-electron chi connectivity index (χ1n) is 5.59. The molecule has 1 aromatic heterocycles. The largest absolute Gasteiger partial charge is 0.395 e.